The molecule has 2 N–H and O–H groups in total. The molecule has 2 aromatic rings. The summed E-state index contributed by atoms with van der Waals surface area (Å²) < 4.78 is 10.9. The van der Waals surface area contributed by atoms with Gasteiger partial charge < -0.3 is 19.7 Å². The average Bonchev–Trinajstić information content (AvgIpc) is 2.58. The minimum absolute atomic E-state index is 0.185. The van der Waals surface area contributed by atoms with Gasteiger partial charge >= 0.3 is 11.9 Å². The van der Waals surface area contributed by atoms with E-state index in [0.29, 0.717) is 30.9 Å². The van der Waals surface area contributed by atoms with Crippen LogP contribution in [0.25, 0.3) is 0 Å². The number of aromatic carboxylic acids is 1. The van der Waals surface area contributed by atoms with Gasteiger partial charge in [-0.3, -0.25) is 0 Å². The SMILES string of the molecule is O=C(O)c1ccc(OCCCC(Oc2ccccc2)C(=O)O)cc1. The van der Waals surface area contributed by atoms with Gasteiger partial charge in [-0.1, -0.05) is 18.2 Å². The first-order valence-corrected chi connectivity index (χ1v) is 7.47. The van der Waals surface area contributed by atoms with Crippen molar-refractivity contribution in [3.8, 4) is 11.5 Å². The van der Waals surface area contributed by atoms with Gasteiger partial charge in [-0.15, -0.1) is 0 Å². The minimum Gasteiger partial charge on any atom is -0.494 e. The second-order valence-corrected chi connectivity index (χ2v) is 5.08. The molecule has 0 aliphatic rings. The van der Waals surface area contributed by atoms with Crippen LogP contribution in [0.2, 0.25) is 0 Å². The van der Waals surface area contributed by atoms with E-state index in [9.17, 15) is 14.7 Å². The van der Waals surface area contributed by atoms with E-state index < -0.39 is 18.0 Å². The Morgan fingerprint density at radius 3 is 2.17 bits per heavy atom. The van der Waals surface area contributed by atoms with E-state index in [1.54, 1.807) is 36.4 Å². The topological polar surface area (TPSA) is 93.1 Å². The fraction of sp³-hybridized carbons (Fsp3) is 0.222. The van der Waals surface area contributed by atoms with Gasteiger partial charge in [-0.05, 0) is 49.2 Å². The fourth-order valence-corrected chi connectivity index (χ4v) is 2.05. The molecule has 6 nitrogen and oxygen atoms in total. The van der Waals surface area contributed by atoms with Crippen LogP contribution in [0.3, 0.4) is 0 Å². The largest absolute Gasteiger partial charge is 0.494 e. The molecule has 0 aromatic heterocycles. The molecule has 0 heterocycles. The Bertz CT molecular complexity index is 666. The molecule has 6 heteroatoms. The number of rotatable bonds is 9. The first-order chi connectivity index (χ1) is 11.6. The lowest BCUT2D eigenvalue weighted by atomic mass is 10.2. The van der Waals surface area contributed by atoms with Gasteiger partial charge in [0.2, 0.25) is 0 Å². The molecule has 0 amide bonds. The number of aliphatic carboxylic acids is 1. The normalized spacial score (nSPS) is 11.5. The van der Waals surface area contributed by atoms with Crippen molar-refractivity contribution in [2.24, 2.45) is 0 Å². The van der Waals surface area contributed by atoms with Crippen molar-refractivity contribution < 1.29 is 29.3 Å². The van der Waals surface area contributed by atoms with E-state index in [4.69, 9.17) is 14.6 Å². The highest BCUT2D eigenvalue weighted by molar-refractivity contribution is 5.87. The van der Waals surface area contributed by atoms with Crippen molar-refractivity contribution >= 4 is 11.9 Å². The highest BCUT2D eigenvalue weighted by atomic mass is 16.5. The molecular formula is C18H18O6. The van der Waals surface area contributed by atoms with Crippen LogP contribution in [0, 0.1) is 0 Å². The second kappa shape index (κ2) is 8.57. The lowest BCUT2D eigenvalue weighted by Gasteiger charge is -2.15. The molecule has 2 aromatic carbocycles. The Hall–Kier alpha value is -3.02. The molecule has 0 bridgehead atoms. The van der Waals surface area contributed by atoms with Crippen LogP contribution < -0.4 is 9.47 Å². The van der Waals surface area contributed by atoms with Gasteiger partial charge in [-0.2, -0.15) is 0 Å². The summed E-state index contributed by atoms with van der Waals surface area (Å²) in [6, 6.07) is 14.8. The molecule has 1 unspecified atom stereocenters. The summed E-state index contributed by atoms with van der Waals surface area (Å²) in [5.74, 6) is -0.973. The first kappa shape index (κ1) is 17.3. The van der Waals surface area contributed by atoms with Crippen molar-refractivity contribution in [2.75, 3.05) is 6.61 Å². The van der Waals surface area contributed by atoms with E-state index in [-0.39, 0.29) is 5.56 Å². The Morgan fingerprint density at radius 1 is 0.917 bits per heavy atom. The Kier molecular flexibility index (Phi) is 6.19. The molecule has 0 spiro atoms. The van der Waals surface area contributed by atoms with Gasteiger partial charge in [0.05, 0.1) is 12.2 Å². The number of hydrogen-bond acceptors (Lipinski definition) is 4. The quantitative estimate of drug-likeness (QED) is 0.686. The smallest absolute Gasteiger partial charge is 0.344 e. The number of ether oxygens (including phenoxy) is 2. The maximum Gasteiger partial charge on any atom is 0.344 e. The fourth-order valence-electron chi connectivity index (χ4n) is 2.05. The Balaban J connectivity index is 1.78. The number of carboxylic acids is 2. The lowest BCUT2D eigenvalue weighted by Crippen LogP contribution is -2.27. The average molecular weight is 330 g/mol. The molecule has 0 aliphatic carbocycles. The summed E-state index contributed by atoms with van der Waals surface area (Å²) in [6.07, 6.45) is -0.146. The minimum atomic E-state index is -1.02. The molecular weight excluding hydrogens is 312 g/mol. The monoisotopic (exact) mass is 330 g/mol. The number of benzene rings is 2. The van der Waals surface area contributed by atoms with Gasteiger partial charge in [0.1, 0.15) is 11.5 Å². The molecule has 0 fully saturated rings. The number of hydrogen-bond donors (Lipinski definition) is 2. The predicted octanol–water partition coefficient (Wildman–Crippen LogP) is 3.08. The third-order valence-electron chi connectivity index (χ3n) is 3.28. The maximum atomic E-state index is 11.2. The summed E-state index contributed by atoms with van der Waals surface area (Å²) in [7, 11) is 0. The van der Waals surface area contributed by atoms with Crippen LogP contribution in [0.5, 0.6) is 11.5 Å². The molecule has 0 radical (unpaired) electrons. The van der Waals surface area contributed by atoms with Crippen molar-refractivity contribution in [3.63, 3.8) is 0 Å². The zero-order valence-electron chi connectivity index (χ0n) is 12.9. The van der Waals surface area contributed by atoms with Gasteiger partial charge in [0.25, 0.3) is 0 Å². The van der Waals surface area contributed by atoms with E-state index in [2.05, 4.69) is 0 Å². The Morgan fingerprint density at radius 2 is 1.58 bits per heavy atom. The van der Waals surface area contributed by atoms with Crippen LogP contribution in [0.4, 0.5) is 0 Å². The molecule has 0 saturated carbocycles. The zero-order valence-corrected chi connectivity index (χ0v) is 12.9. The number of para-hydroxylation sites is 1. The lowest BCUT2D eigenvalue weighted by molar-refractivity contribution is -0.145. The molecule has 0 aliphatic heterocycles. The molecule has 1 atom stereocenters. The van der Waals surface area contributed by atoms with E-state index >= 15 is 0 Å². The zero-order chi connectivity index (χ0) is 17.4. The maximum absolute atomic E-state index is 11.2. The van der Waals surface area contributed by atoms with Crippen LogP contribution >= 0.6 is 0 Å². The van der Waals surface area contributed by atoms with E-state index in [1.165, 1.54) is 12.1 Å². The molecule has 2 rings (SSSR count). The van der Waals surface area contributed by atoms with Crippen LogP contribution in [0.1, 0.15) is 23.2 Å². The first-order valence-electron chi connectivity index (χ1n) is 7.47. The number of carbonyl (C=O) groups is 2. The van der Waals surface area contributed by atoms with E-state index in [1.807, 2.05) is 6.07 Å². The van der Waals surface area contributed by atoms with Gasteiger partial charge in [0, 0.05) is 0 Å². The standard InChI is InChI=1S/C18H18O6/c19-17(20)13-8-10-14(11-9-13)23-12-4-7-16(18(21)22)24-15-5-2-1-3-6-15/h1-3,5-6,8-11,16H,4,7,12H2,(H,19,20)(H,21,22). The summed E-state index contributed by atoms with van der Waals surface area (Å²) >= 11 is 0. The Labute approximate surface area is 139 Å². The highest BCUT2D eigenvalue weighted by Gasteiger charge is 2.19. The van der Waals surface area contributed by atoms with Crippen molar-refractivity contribution in [1.82, 2.24) is 0 Å². The van der Waals surface area contributed by atoms with Crippen molar-refractivity contribution in [2.45, 2.75) is 18.9 Å². The van der Waals surface area contributed by atoms with Crippen LogP contribution in [-0.4, -0.2) is 34.9 Å². The summed E-state index contributed by atoms with van der Waals surface area (Å²) in [4.78, 5) is 22.0. The van der Waals surface area contributed by atoms with Crippen LogP contribution in [-0.2, 0) is 4.79 Å². The van der Waals surface area contributed by atoms with Crippen LogP contribution in [0.15, 0.2) is 54.6 Å². The second-order valence-electron chi connectivity index (χ2n) is 5.08. The number of carboxylic acid groups (broad SMARTS) is 2. The van der Waals surface area contributed by atoms with Gasteiger partial charge in [-0.25, -0.2) is 9.59 Å². The summed E-state index contributed by atoms with van der Waals surface area (Å²) in [6.45, 7) is 0.314. The molecule has 126 valence electrons. The van der Waals surface area contributed by atoms with Crippen molar-refractivity contribution in [3.05, 3.63) is 60.2 Å². The third kappa shape index (κ3) is 5.31. The van der Waals surface area contributed by atoms with Gasteiger partial charge in [0.15, 0.2) is 6.10 Å². The van der Waals surface area contributed by atoms with E-state index in [0.717, 1.165) is 0 Å². The summed E-state index contributed by atoms with van der Waals surface area (Å²) in [5.41, 5.74) is 0.185. The predicted molar refractivity (Wildman–Crippen MR) is 86.6 cm³/mol. The molecule has 24 heavy (non-hydrogen) atoms. The molecule has 0 saturated heterocycles. The summed E-state index contributed by atoms with van der Waals surface area (Å²) in [5, 5.41) is 18.0. The van der Waals surface area contributed by atoms with Crippen molar-refractivity contribution in [1.29, 1.82) is 0 Å². The third-order valence-corrected chi connectivity index (χ3v) is 3.28. The highest BCUT2D eigenvalue weighted by Crippen LogP contribution is 2.15.